The molecule has 3 nitrogen and oxygen atoms in total. The maximum atomic E-state index is 12.1. The van der Waals surface area contributed by atoms with Gasteiger partial charge in [0.25, 0.3) is 0 Å². The number of carbonyl (C=O) groups excluding carboxylic acids is 1. The Kier molecular flexibility index (Phi) is 7.63. The molecule has 0 saturated heterocycles. The van der Waals surface area contributed by atoms with Crippen LogP contribution in [0.4, 0.5) is 0 Å². The van der Waals surface area contributed by atoms with E-state index < -0.39 is 0 Å². The standard InChI is InChI=1S/C16H24ClNO2/c1-3-13(7-8-19)11-18-16(20)12(2)9-14-5-4-6-15(17)10-14/h4-6,10,12-13,19H,3,7-9,11H2,1-2H3,(H,18,20). The van der Waals surface area contributed by atoms with Crippen LogP contribution in [0.2, 0.25) is 5.02 Å². The van der Waals surface area contributed by atoms with Crippen molar-refractivity contribution in [1.82, 2.24) is 5.32 Å². The third kappa shape index (κ3) is 5.93. The lowest BCUT2D eigenvalue weighted by molar-refractivity contribution is -0.124. The molecule has 1 amide bonds. The Morgan fingerprint density at radius 1 is 1.45 bits per heavy atom. The van der Waals surface area contributed by atoms with E-state index >= 15 is 0 Å². The Bertz CT molecular complexity index is 423. The molecule has 0 aliphatic carbocycles. The molecule has 0 aliphatic heterocycles. The number of hydrogen-bond donors (Lipinski definition) is 2. The van der Waals surface area contributed by atoms with E-state index in [2.05, 4.69) is 12.2 Å². The fourth-order valence-electron chi connectivity index (χ4n) is 2.16. The van der Waals surface area contributed by atoms with Crippen LogP contribution in [-0.2, 0) is 11.2 Å². The van der Waals surface area contributed by atoms with Gasteiger partial charge >= 0.3 is 0 Å². The van der Waals surface area contributed by atoms with Crippen LogP contribution >= 0.6 is 11.6 Å². The van der Waals surface area contributed by atoms with Crippen LogP contribution in [0, 0.1) is 11.8 Å². The van der Waals surface area contributed by atoms with Crippen LogP contribution in [0.25, 0.3) is 0 Å². The summed E-state index contributed by atoms with van der Waals surface area (Å²) >= 11 is 5.94. The van der Waals surface area contributed by atoms with Gasteiger partial charge in [-0.25, -0.2) is 0 Å². The number of benzene rings is 1. The molecule has 0 aromatic heterocycles. The summed E-state index contributed by atoms with van der Waals surface area (Å²) in [4.78, 5) is 12.1. The Labute approximate surface area is 126 Å². The highest BCUT2D eigenvalue weighted by atomic mass is 35.5. The maximum absolute atomic E-state index is 12.1. The molecule has 2 atom stereocenters. The van der Waals surface area contributed by atoms with Gasteiger partial charge in [0.05, 0.1) is 0 Å². The van der Waals surface area contributed by atoms with Crippen LogP contribution in [0.1, 0.15) is 32.3 Å². The summed E-state index contributed by atoms with van der Waals surface area (Å²) in [6, 6.07) is 7.61. The second kappa shape index (κ2) is 8.98. The second-order valence-corrected chi connectivity index (χ2v) is 5.70. The Hall–Kier alpha value is -1.06. The van der Waals surface area contributed by atoms with Gasteiger partial charge in [-0.3, -0.25) is 4.79 Å². The predicted octanol–water partition coefficient (Wildman–Crippen LogP) is 3.04. The average Bonchev–Trinajstić information content (AvgIpc) is 2.43. The van der Waals surface area contributed by atoms with E-state index in [0.717, 1.165) is 18.4 Å². The molecule has 2 N–H and O–H groups in total. The molecule has 0 saturated carbocycles. The third-order valence-corrected chi connectivity index (χ3v) is 3.79. The fourth-order valence-corrected chi connectivity index (χ4v) is 2.38. The van der Waals surface area contributed by atoms with Crippen LogP contribution in [0.15, 0.2) is 24.3 Å². The van der Waals surface area contributed by atoms with Crippen molar-refractivity contribution in [3.63, 3.8) is 0 Å². The highest BCUT2D eigenvalue weighted by molar-refractivity contribution is 6.30. The second-order valence-electron chi connectivity index (χ2n) is 5.27. The van der Waals surface area contributed by atoms with Crippen molar-refractivity contribution in [2.45, 2.75) is 33.1 Å². The molecule has 4 heteroatoms. The van der Waals surface area contributed by atoms with E-state index in [0.29, 0.717) is 23.9 Å². The summed E-state index contributed by atoms with van der Waals surface area (Å²) in [6.45, 7) is 4.80. The van der Waals surface area contributed by atoms with Crippen molar-refractivity contribution >= 4 is 17.5 Å². The minimum Gasteiger partial charge on any atom is -0.396 e. The highest BCUT2D eigenvalue weighted by Crippen LogP contribution is 2.15. The first kappa shape index (κ1) is 17.0. The van der Waals surface area contributed by atoms with Crippen LogP contribution in [0.3, 0.4) is 0 Å². The van der Waals surface area contributed by atoms with E-state index in [4.69, 9.17) is 16.7 Å². The van der Waals surface area contributed by atoms with Crippen molar-refractivity contribution < 1.29 is 9.90 Å². The molecule has 2 unspecified atom stereocenters. The zero-order chi connectivity index (χ0) is 15.0. The van der Waals surface area contributed by atoms with Crippen molar-refractivity contribution in [2.24, 2.45) is 11.8 Å². The van der Waals surface area contributed by atoms with Gasteiger partial charge in [0.15, 0.2) is 0 Å². The predicted molar refractivity (Wildman–Crippen MR) is 82.8 cm³/mol. The van der Waals surface area contributed by atoms with Crippen molar-refractivity contribution in [2.75, 3.05) is 13.2 Å². The van der Waals surface area contributed by atoms with Crippen molar-refractivity contribution in [1.29, 1.82) is 0 Å². The fraction of sp³-hybridized carbons (Fsp3) is 0.562. The van der Waals surface area contributed by atoms with E-state index in [-0.39, 0.29) is 18.4 Å². The van der Waals surface area contributed by atoms with Gasteiger partial charge in [-0.2, -0.15) is 0 Å². The highest BCUT2D eigenvalue weighted by Gasteiger charge is 2.15. The van der Waals surface area contributed by atoms with E-state index in [1.54, 1.807) is 0 Å². The quantitative estimate of drug-likeness (QED) is 0.775. The molecule has 20 heavy (non-hydrogen) atoms. The first-order chi connectivity index (χ1) is 9.56. The van der Waals surface area contributed by atoms with Crippen molar-refractivity contribution in [3.8, 4) is 0 Å². The molecular formula is C16H24ClNO2. The first-order valence-electron chi connectivity index (χ1n) is 7.19. The van der Waals surface area contributed by atoms with Crippen LogP contribution in [0.5, 0.6) is 0 Å². The Balaban J connectivity index is 2.42. The smallest absolute Gasteiger partial charge is 0.223 e. The number of rotatable bonds is 8. The monoisotopic (exact) mass is 297 g/mol. The summed E-state index contributed by atoms with van der Waals surface area (Å²) in [5.74, 6) is 0.323. The van der Waals surface area contributed by atoms with Gasteiger partial charge in [-0.1, -0.05) is 44.0 Å². The minimum absolute atomic E-state index is 0.0568. The first-order valence-corrected chi connectivity index (χ1v) is 7.57. The third-order valence-electron chi connectivity index (χ3n) is 3.56. The lowest BCUT2D eigenvalue weighted by Gasteiger charge is -2.17. The lowest BCUT2D eigenvalue weighted by atomic mass is 9.99. The van der Waals surface area contributed by atoms with Crippen LogP contribution in [-0.4, -0.2) is 24.2 Å². The normalized spacial score (nSPS) is 13.8. The molecule has 0 bridgehead atoms. The van der Waals surface area contributed by atoms with Crippen molar-refractivity contribution in [3.05, 3.63) is 34.9 Å². The molecule has 1 aromatic rings. The van der Waals surface area contributed by atoms with Gasteiger partial charge in [0.2, 0.25) is 5.91 Å². The number of amides is 1. The molecule has 1 aromatic carbocycles. The molecule has 1 rings (SSSR count). The van der Waals surface area contributed by atoms with E-state index in [1.165, 1.54) is 0 Å². The topological polar surface area (TPSA) is 49.3 Å². The van der Waals surface area contributed by atoms with Gasteiger partial charge in [0, 0.05) is 24.1 Å². The molecule has 112 valence electrons. The molecule has 0 spiro atoms. The van der Waals surface area contributed by atoms with Gasteiger partial charge in [-0.05, 0) is 36.5 Å². The lowest BCUT2D eigenvalue weighted by Crippen LogP contribution is -2.34. The molecular weight excluding hydrogens is 274 g/mol. The SMILES string of the molecule is CCC(CCO)CNC(=O)C(C)Cc1cccc(Cl)c1. The van der Waals surface area contributed by atoms with E-state index in [9.17, 15) is 4.79 Å². The number of nitrogens with one attached hydrogen (secondary N) is 1. The summed E-state index contributed by atoms with van der Waals surface area (Å²) < 4.78 is 0. The summed E-state index contributed by atoms with van der Waals surface area (Å²) in [5, 5.41) is 12.6. The maximum Gasteiger partial charge on any atom is 0.223 e. The summed E-state index contributed by atoms with van der Waals surface area (Å²) in [6.07, 6.45) is 2.38. The molecule has 0 aliphatic rings. The molecule has 0 radical (unpaired) electrons. The van der Waals surface area contributed by atoms with Gasteiger partial charge < -0.3 is 10.4 Å². The summed E-state index contributed by atoms with van der Waals surface area (Å²) in [7, 11) is 0. The largest absolute Gasteiger partial charge is 0.396 e. The number of halogens is 1. The summed E-state index contributed by atoms with van der Waals surface area (Å²) in [5.41, 5.74) is 1.07. The van der Waals surface area contributed by atoms with Gasteiger partial charge in [0.1, 0.15) is 0 Å². The number of hydrogen-bond acceptors (Lipinski definition) is 2. The molecule has 0 heterocycles. The Morgan fingerprint density at radius 3 is 2.80 bits per heavy atom. The molecule has 0 fully saturated rings. The number of aliphatic hydroxyl groups is 1. The number of carbonyl (C=O) groups is 1. The minimum atomic E-state index is -0.0832. The number of aliphatic hydroxyl groups excluding tert-OH is 1. The zero-order valence-electron chi connectivity index (χ0n) is 12.2. The average molecular weight is 298 g/mol. The van der Waals surface area contributed by atoms with Gasteiger partial charge in [-0.15, -0.1) is 0 Å². The zero-order valence-corrected chi connectivity index (χ0v) is 13.0. The van der Waals surface area contributed by atoms with E-state index in [1.807, 2.05) is 31.2 Å². The van der Waals surface area contributed by atoms with Crippen LogP contribution < -0.4 is 5.32 Å². The Morgan fingerprint density at radius 2 is 2.20 bits per heavy atom.